The quantitative estimate of drug-likeness (QED) is 0.479. The second-order valence-electron chi connectivity index (χ2n) is 2.23. The van der Waals surface area contributed by atoms with E-state index >= 15 is 0 Å². The minimum atomic E-state index is -0.739. The average molecular weight is 203 g/mol. The summed E-state index contributed by atoms with van der Waals surface area (Å²) >= 11 is 1.59. The SMILES string of the molecule is CCOC(=O)C(CCSC)OC#N. The third kappa shape index (κ3) is 5.36. The highest BCUT2D eigenvalue weighted by molar-refractivity contribution is 7.98. The standard InChI is InChI=1S/C8H13NO3S/c1-3-11-8(10)7(12-6-9)4-5-13-2/h7H,3-5H2,1-2H3. The number of ether oxygens (including phenoxy) is 2. The smallest absolute Gasteiger partial charge is 0.348 e. The van der Waals surface area contributed by atoms with Gasteiger partial charge >= 0.3 is 5.97 Å². The molecule has 0 rings (SSSR count). The van der Waals surface area contributed by atoms with E-state index in [1.165, 1.54) is 6.26 Å². The molecule has 0 aliphatic heterocycles. The van der Waals surface area contributed by atoms with Crippen molar-refractivity contribution in [3.63, 3.8) is 0 Å². The van der Waals surface area contributed by atoms with Gasteiger partial charge in [-0.2, -0.15) is 17.0 Å². The van der Waals surface area contributed by atoms with Gasteiger partial charge in [0.1, 0.15) is 0 Å². The third-order valence-corrected chi connectivity index (χ3v) is 1.97. The van der Waals surface area contributed by atoms with Crippen LogP contribution < -0.4 is 0 Å². The molecule has 5 heteroatoms. The van der Waals surface area contributed by atoms with E-state index in [1.807, 2.05) is 6.26 Å². The first kappa shape index (κ1) is 12.1. The molecule has 0 fully saturated rings. The predicted octanol–water partition coefficient (Wildman–Crippen LogP) is 1.17. The largest absolute Gasteiger partial charge is 0.463 e. The van der Waals surface area contributed by atoms with Crippen LogP contribution in [0.15, 0.2) is 0 Å². The zero-order valence-electron chi connectivity index (χ0n) is 7.78. The van der Waals surface area contributed by atoms with Crippen LogP contribution in [0.3, 0.4) is 0 Å². The highest BCUT2D eigenvalue weighted by atomic mass is 32.2. The van der Waals surface area contributed by atoms with Gasteiger partial charge in [-0.3, -0.25) is 0 Å². The molecular weight excluding hydrogens is 190 g/mol. The lowest BCUT2D eigenvalue weighted by Gasteiger charge is -2.11. The molecule has 0 aromatic rings. The van der Waals surface area contributed by atoms with Crippen molar-refractivity contribution in [1.82, 2.24) is 0 Å². The number of esters is 1. The molecular formula is C8H13NO3S. The van der Waals surface area contributed by atoms with Gasteiger partial charge in [-0.15, -0.1) is 0 Å². The van der Waals surface area contributed by atoms with Crippen molar-refractivity contribution in [3.8, 4) is 6.26 Å². The molecule has 0 aromatic heterocycles. The number of rotatable bonds is 6. The summed E-state index contributed by atoms with van der Waals surface area (Å²) in [6.45, 7) is 2.03. The molecule has 0 amide bonds. The van der Waals surface area contributed by atoms with Crippen molar-refractivity contribution in [3.05, 3.63) is 0 Å². The summed E-state index contributed by atoms with van der Waals surface area (Å²) < 4.78 is 9.31. The van der Waals surface area contributed by atoms with Gasteiger partial charge in [-0.25, -0.2) is 4.79 Å². The van der Waals surface area contributed by atoms with E-state index in [2.05, 4.69) is 4.74 Å². The minimum Gasteiger partial charge on any atom is -0.463 e. The van der Waals surface area contributed by atoms with E-state index in [1.54, 1.807) is 18.7 Å². The number of carbonyl (C=O) groups is 1. The van der Waals surface area contributed by atoms with Crippen LogP contribution >= 0.6 is 11.8 Å². The Morgan fingerprint density at radius 3 is 2.85 bits per heavy atom. The van der Waals surface area contributed by atoms with E-state index in [4.69, 9.17) is 10.00 Å². The summed E-state index contributed by atoms with van der Waals surface area (Å²) in [7, 11) is 0. The Labute approximate surface area is 82.2 Å². The van der Waals surface area contributed by atoms with E-state index < -0.39 is 12.1 Å². The number of thioether (sulfide) groups is 1. The van der Waals surface area contributed by atoms with E-state index in [-0.39, 0.29) is 0 Å². The monoisotopic (exact) mass is 203 g/mol. The van der Waals surface area contributed by atoms with Crippen molar-refractivity contribution in [2.45, 2.75) is 19.4 Å². The molecule has 0 bridgehead atoms. The third-order valence-electron chi connectivity index (χ3n) is 1.33. The van der Waals surface area contributed by atoms with Gasteiger partial charge in [-0.1, -0.05) is 0 Å². The summed E-state index contributed by atoms with van der Waals surface area (Å²) in [4.78, 5) is 11.1. The topological polar surface area (TPSA) is 59.3 Å². The summed E-state index contributed by atoms with van der Waals surface area (Å²) in [6.07, 6.45) is 3.20. The number of hydrogen-bond donors (Lipinski definition) is 0. The fraction of sp³-hybridized carbons (Fsp3) is 0.750. The highest BCUT2D eigenvalue weighted by Crippen LogP contribution is 2.05. The lowest BCUT2D eigenvalue weighted by Crippen LogP contribution is -2.25. The molecule has 13 heavy (non-hydrogen) atoms. The molecule has 0 N–H and O–H groups in total. The van der Waals surface area contributed by atoms with Crippen LogP contribution in [0.2, 0.25) is 0 Å². The van der Waals surface area contributed by atoms with Gasteiger partial charge < -0.3 is 9.47 Å². The Morgan fingerprint density at radius 2 is 2.38 bits per heavy atom. The maximum atomic E-state index is 11.1. The first-order valence-corrected chi connectivity index (χ1v) is 5.36. The molecule has 1 unspecified atom stereocenters. The van der Waals surface area contributed by atoms with Crippen LogP contribution in [-0.2, 0) is 14.3 Å². The van der Waals surface area contributed by atoms with Crippen LogP contribution in [-0.4, -0.2) is 30.7 Å². The van der Waals surface area contributed by atoms with Crippen LogP contribution in [0.5, 0.6) is 0 Å². The maximum Gasteiger partial charge on any atom is 0.348 e. The second kappa shape index (κ2) is 7.74. The Hall–Kier alpha value is -0.890. The summed E-state index contributed by atoms with van der Waals surface area (Å²) in [6, 6.07) is 0. The van der Waals surface area contributed by atoms with Crippen molar-refractivity contribution in [2.24, 2.45) is 0 Å². The molecule has 0 aromatic carbocycles. The average Bonchev–Trinajstić information content (AvgIpc) is 2.12. The van der Waals surface area contributed by atoms with Gasteiger partial charge in [-0.05, 0) is 18.9 Å². The van der Waals surface area contributed by atoms with Gasteiger partial charge in [0, 0.05) is 6.42 Å². The van der Waals surface area contributed by atoms with Gasteiger partial charge in [0.2, 0.25) is 6.10 Å². The number of hydrogen-bond acceptors (Lipinski definition) is 5. The molecule has 0 aliphatic carbocycles. The molecule has 0 radical (unpaired) electrons. The molecule has 0 saturated heterocycles. The Morgan fingerprint density at radius 1 is 1.69 bits per heavy atom. The van der Waals surface area contributed by atoms with Crippen LogP contribution in [0.25, 0.3) is 0 Å². The number of nitrogens with zero attached hydrogens (tertiary/aromatic N) is 1. The minimum absolute atomic E-state index is 0.309. The molecule has 0 aliphatic rings. The van der Waals surface area contributed by atoms with Crippen molar-refractivity contribution >= 4 is 17.7 Å². The van der Waals surface area contributed by atoms with Crippen molar-refractivity contribution in [2.75, 3.05) is 18.6 Å². The van der Waals surface area contributed by atoms with E-state index in [0.29, 0.717) is 13.0 Å². The zero-order valence-corrected chi connectivity index (χ0v) is 8.60. The Balaban J connectivity index is 3.92. The van der Waals surface area contributed by atoms with Crippen LogP contribution in [0, 0.1) is 11.5 Å². The molecule has 1 atom stereocenters. The molecule has 0 heterocycles. The predicted molar refractivity (Wildman–Crippen MR) is 50.1 cm³/mol. The Bertz CT molecular complexity index is 190. The zero-order chi connectivity index (χ0) is 10.1. The number of carbonyl (C=O) groups excluding carboxylic acids is 1. The maximum absolute atomic E-state index is 11.1. The molecule has 4 nitrogen and oxygen atoms in total. The first-order valence-electron chi connectivity index (χ1n) is 3.96. The fourth-order valence-corrected chi connectivity index (χ4v) is 1.20. The highest BCUT2D eigenvalue weighted by Gasteiger charge is 2.20. The Kier molecular flexibility index (Phi) is 7.21. The normalized spacial score (nSPS) is 11.5. The van der Waals surface area contributed by atoms with Gasteiger partial charge in [0.25, 0.3) is 6.26 Å². The van der Waals surface area contributed by atoms with Crippen LogP contribution in [0.4, 0.5) is 0 Å². The number of nitriles is 1. The van der Waals surface area contributed by atoms with Crippen molar-refractivity contribution in [1.29, 1.82) is 5.26 Å². The molecule has 74 valence electrons. The summed E-state index contributed by atoms with van der Waals surface area (Å²) in [5.74, 6) is 0.309. The first-order chi connectivity index (χ1) is 6.26. The fourth-order valence-electron chi connectivity index (χ4n) is 0.749. The lowest BCUT2D eigenvalue weighted by atomic mass is 10.3. The molecule has 0 saturated carbocycles. The van der Waals surface area contributed by atoms with E-state index in [9.17, 15) is 4.79 Å². The molecule has 0 spiro atoms. The van der Waals surface area contributed by atoms with Gasteiger partial charge in [0.15, 0.2) is 0 Å². The van der Waals surface area contributed by atoms with Gasteiger partial charge in [0.05, 0.1) is 6.61 Å². The second-order valence-corrected chi connectivity index (χ2v) is 3.22. The summed E-state index contributed by atoms with van der Waals surface area (Å²) in [5, 5.41) is 8.27. The lowest BCUT2D eigenvalue weighted by molar-refractivity contribution is -0.152. The van der Waals surface area contributed by atoms with Crippen LogP contribution in [0.1, 0.15) is 13.3 Å². The van der Waals surface area contributed by atoms with Crippen molar-refractivity contribution < 1.29 is 14.3 Å². The van der Waals surface area contributed by atoms with E-state index in [0.717, 1.165) is 5.75 Å². The summed E-state index contributed by atoms with van der Waals surface area (Å²) in [5.41, 5.74) is 0.